The topological polar surface area (TPSA) is 76.3 Å². The molecule has 5 aromatic rings. The average Bonchev–Trinajstić information content (AvgIpc) is 3.36. The summed E-state index contributed by atoms with van der Waals surface area (Å²) in [6.07, 6.45) is 0. The summed E-state index contributed by atoms with van der Waals surface area (Å²) in [4.78, 5) is 12.6. The molecule has 0 amide bonds. The predicted octanol–water partition coefficient (Wildman–Crippen LogP) is 6.99. The number of hydrogen-bond acceptors (Lipinski definition) is 7. The van der Waals surface area contributed by atoms with E-state index >= 15 is 0 Å². The number of aryl methyl sites for hydroxylation is 1. The van der Waals surface area contributed by atoms with Gasteiger partial charge in [0.05, 0.1) is 43.0 Å². The van der Waals surface area contributed by atoms with Gasteiger partial charge in [-0.1, -0.05) is 54.6 Å². The number of nitrogens with one attached hydrogen (secondary N) is 1. The Balaban J connectivity index is 1.50. The monoisotopic (exact) mass is 540 g/mol. The minimum Gasteiger partial charge on any atom is -0.497 e. The molecule has 41 heavy (non-hydrogen) atoms. The Morgan fingerprint density at radius 1 is 0.780 bits per heavy atom. The maximum absolute atomic E-state index is 5.91. The first-order chi connectivity index (χ1) is 20.2. The number of nitrogens with zero attached hydrogens (tertiary/aromatic N) is 5. The van der Waals surface area contributed by atoms with E-state index in [1.807, 2.05) is 103 Å². The molecule has 3 heterocycles. The molecular formula is C33H28N6O2. The van der Waals surface area contributed by atoms with Crippen molar-refractivity contribution in [3.05, 3.63) is 120 Å². The van der Waals surface area contributed by atoms with Gasteiger partial charge in [-0.25, -0.2) is 14.7 Å². The third-order valence-corrected chi connectivity index (χ3v) is 7.41. The summed E-state index contributed by atoms with van der Waals surface area (Å²) in [5.74, 6) is 3.61. The fraction of sp³-hybridized carbons (Fsp3) is 0.121. The molecule has 1 N–H and O–H groups in total. The smallest absolute Gasteiger partial charge is 0.179 e. The molecule has 202 valence electrons. The van der Waals surface area contributed by atoms with Crippen LogP contribution in [0.1, 0.15) is 22.9 Å². The van der Waals surface area contributed by atoms with Gasteiger partial charge in [-0.15, -0.1) is 0 Å². The normalized spacial score (nSPS) is 15.2. The number of benzene rings is 4. The van der Waals surface area contributed by atoms with E-state index in [0.29, 0.717) is 11.7 Å². The Hall–Kier alpha value is -5.37. The molecule has 2 aliphatic heterocycles. The summed E-state index contributed by atoms with van der Waals surface area (Å²) < 4.78 is 13.3. The van der Waals surface area contributed by atoms with Gasteiger partial charge in [0.15, 0.2) is 17.5 Å². The third kappa shape index (κ3) is 4.12. The lowest BCUT2D eigenvalue weighted by Gasteiger charge is -2.41. The minimum atomic E-state index is -0.273. The highest BCUT2D eigenvalue weighted by Crippen LogP contribution is 2.49. The number of para-hydroxylation sites is 4. The molecule has 4 aromatic carbocycles. The van der Waals surface area contributed by atoms with Crippen molar-refractivity contribution in [3.8, 4) is 17.2 Å². The molecule has 0 saturated carbocycles. The number of fused-ring (bicyclic) bond motifs is 4. The number of aliphatic imine (C=N–C) groups is 2. The molecule has 0 fully saturated rings. The van der Waals surface area contributed by atoms with E-state index < -0.39 is 0 Å². The van der Waals surface area contributed by atoms with Crippen molar-refractivity contribution in [1.29, 1.82) is 0 Å². The zero-order valence-corrected chi connectivity index (χ0v) is 22.9. The van der Waals surface area contributed by atoms with Gasteiger partial charge in [-0.05, 0) is 49.4 Å². The fourth-order valence-corrected chi connectivity index (χ4v) is 5.57. The second kappa shape index (κ2) is 9.98. The van der Waals surface area contributed by atoms with E-state index in [2.05, 4.69) is 22.3 Å². The Morgan fingerprint density at radius 3 is 2.39 bits per heavy atom. The Kier molecular flexibility index (Phi) is 6.00. The summed E-state index contributed by atoms with van der Waals surface area (Å²) in [7, 11) is 3.37. The van der Waals surface area contributed by atoms with Crippen molar-refractivity contribution in [3.63, 3.8) is 0 Å². The molecule has 0 radical (unpaired) electrons. The van der Waals surface area contributed by atoms with Crippen molar-refractivity contribution in [2.75, 3.05) is 24.4 Å². The van der Waals surface area contributed by atoms with E-state index in [1.54, 1.807) is 14.2 Å². The number of anilines is 2. The minimum absolute atomic E-state index is 0.273. The van der Waals surface area contributed by atoms with Crippen LogP contribution >= 0.6 is 0 Å². The van der Waals surface area contributed by atoms with Crippen LogP contribution in [0.4, 0.5) is 22.9 Å². The number of ether oxygens (including phenoxy) is 2. The van der Waals surface area contributed by atoms with E-state index in [1.165, 1.54) is 0 Å². The average molecular weight is 541 g/mol. The quantitative estimate of drug-likeness (QED) is 0.260. The van der Waals surface area contributed by atoms with E-state index in [4.69, 9.17) is 24.6 Å². The van der Waals surface area contributed by atoms with Crippen molar-refractivity contribution < 1.29 is 9.47 Å². The first-order valence-corrected chi connectivity index (χ1v) is 13.4. The first-order valence-electron chi connectivity index (χ1n) is 13.4. The molecule has 0 saturated heterocycles. The summed E-state index contributed by atoms with van der Waals surface area (Å²) in [6, 6.07) is 33.9. The maximum Gasteiger partial charge on any atom is 0.179 e. The number of rotatable bonds is 5. The third-order valence-electron chi connectivity index (χ3n) is 7.41. The predicted molar refractivity (Wildman–Crippen MR) is 163 cm³/mol. The van der Waals surface area contributed by atoms with Gasteiger partial charge in [0.25, 0.3) is 0 Å². The first kappa shape index (κ1) is 24.7. The van der Waals surface area contributed by atoms with E-state index in [-0.39, 0.29) is 6.04 Å². The van der Waals surface area contributed by atoms with Crippen LogP contribution in [0.15, 0.2) is 113 Å². The lowest BCUT2D eigenvalue weighted by atomic mass is 9.92. The van der Waals surface area contributed by atoms with E-state index in [0.717, 1.165) is 56.9 Å². The van der Waals surface area contributed by atoms with Crippen LogP contribution in [0.3, 0.4) is 0 Å². The molecule has 0 spiro atoms. The summed E-state index contributed by atoms with van der Waals surface area (Å²) in [6.45, 7) is 2.04. The molecule has 1 atom stereocenters. The molecule has 1 aromatic heterocycles. The Labute approximate surface area is 238 Å². The number of hydrogen-bond donors (Lipinski definition) is 1. The standard InChI is InChI=1S/C33H28N6O2/c1-21-29-30(25-16-7-10-19-28(25)41-3)38-27-18-9-8-17-26(27)35-31(34-22-12-11-15-24(20-22)40-2)33(38)36-32(29)39(37-21)23-13-5-4-6-14-23/h4-20,30H,1-3H3,(H,34,35)/t30-/m0/s1. The SMILES string of the molecule is COc1cccc(NC2=Nc3ccccc3N3C2=Nc2c(c(C)nn2-c2ccccc2)[C@@H]3c2ccccc2OC)c1. The molecular weight excluding hydrogens is 512 g/mol. The van der Waals surface area contributed by atoms with Gasteiger partial charge in [-0.3, -0.25) is 0 Å². The number of methoxy groups -OCH3 is 2. The van der Waals surface area contributed by atoms with Crippen LogP contribution in [-0.2, 0) is 0 Å². The van der Waals surface area contributed by atoms with Crippen molar-refractivity contribution in [2.24, 2.45) is 9.98 Å². The summed E-state index contributed by atoms with van der Waals surface area (Å²) >= 11 is 0. The Bertz CT molecular complexity index is 1830. The van der Waals surface area contributed by atoms with Gasteiger partial charge < -0.3 is 19.7 Å². The zero-order valence-electron chi connectivity index (χ0n) is 22.9. The lowest BCUT2D eigenvalue weighted by Crippen LogP contribution is -2.46. The molecule has 0 aliphatic carbocycles. The van der Waals surface area contributed by atoms with Crippen LogP contribution in [0.25, 0.3) is 5.69 Å². The lowest BCUT2D eigenvalue weighted by molar-refractivity contribution is 0.407. The van der Waals surface area contributed by atoms with Gasteiger partial charge in [0.2, 0.25) is 0 Å². The van der Waals surface area contributed by atoms with E-state index in [9.17, 15) is 0 Å². The summed E-state index contributed by atoms with van der Waals surface area (Å²) in [5.41, 5.74) is 6.49. The number of aromatic nitrogens is 2. The van der Waals surface area contributed by atoms with Gasteiger partial charge >= 0.3 is 0 Å². The fourth-order valence-electron chi connectivity index (χ4n) is 5.57. The van der Waals surface area contributed by atoms with Gasteiger partial charge in [0, 0.05) is 22.9 Å². The Morgan fingerprint density at radius 2 is 1.56 bits per heavy atom. The van der Waals surface area contributed by atoms with Crippen molar-refractivity contribution in [2.45, 2.75) is 13.0 Å². The van der Waals surface area contributed by atoms with Gasteiger partial charge in [-0.2, -0.15) is 5.10 Å². The van der Waals surface area contributed by atoms with Crippen molar-refractivity contribution >= 4 is 34.6 Å². The molecule has 0 bridgehead atoms. The second-order valence-corrected chi connectivity index (χ2v) is 9.83. The highest BCUT2D eigenvalue weighted by molar-refractivity contribution is 6.51. The second-order valence-electron chi connectivity index (χ2n) is 9.83. The maximum atomic E-state index is 5.91. The zero-order chi connectivity index (χ0) is 27.9. The highest BCUT2D eigenvalue weighted by Gasteiger charge is 2.42. The highest BCUT2D eigenvalue weighted by atomic mass is 16.5. The van der Waals surface area contributed by atoms with Crippen molar-refractivity contribution in [1.82, 2.24) is 9.78 Å². The summed E-state index contributed by atoms with van der Waals surface area (Å²) in [5, 5.41) is 8.53. The van der Waals surface area contributed by atoms with Crippen LogP contribution in [0, 0.1) is 6.92 Å². The van der Waals surface area contributed by atoms with Crippen LogP contribution in [0.2, 0.25) is 0 Å². The largest absolute Gasteiger partial charge is 0.497 e. The number of amidine groups is 2. The van der Waals surface area contributed by atoms with Gasteiger partial charge in [0.1, 0.15) is 11.5 Å². The molecule has 0 unspecified atom stereocenters. The van der Waals surface area contributed by atoms with Crippen LogP contribution in [0.5, 0.6) is 11.5 Å². The molecule has 8 heteroatoms. The molecule has 7 rings (SSSR count). The molecule has 8 nitrogen and oxygen atoms in total. The molecule has 2 aliphatic rings. The van der Waals surface area contributed by atoms with Crippen LogP contribution in [-0.4, -0.2) is 35.7 Å². The van der Waals surface area contributed by atoms with Crippen LogP contribution < -0.4 is 19.7 Å².